The van der Waals surface area contributed by atoms with E-state index in [0.29, 0.717) is 5.56 Å². The van der Waals surface area contributed by atoms with E-state index in [-0.39, 0.29) is 31.4 Å². The van der Waals surface area contributed by atoms with Gasteiger partial charge in [0.25, 0.3) is 0 Å². The van der Waals surface area contributed by atoms with Crippen molar-refractivity contribution in [3.05, 3.63) is 101 Å². The molecule has 3 aromatic carbocycles. The van der Waals surface area contributed by atoms with Gasteiger partial charge in [-0.2, -0.15) is 0 Å². The predicted molar refractivity (Wildman–Crippen MR) is 103 cm³/mol. The van der Waals surface area contributed by atoms with E-state index in [1.54, 1.807) is 12.1 Å². The number of ether oxygens (including phenoxy) is 1. The Morgan fingerprint density at radius 2 is 1.59 bits per heavy atom. The molecule has 2 unspecified atom stereocenters. The number of cyclic esters (lactones) is 1. The van der Waals surface area contributed by atoms with Gasteiger partial charge in [0.15, 0.2) is 0 Å². The first-order valence-corrected chi connectivity index (χ1v) is 10.3. The molecule has 0 bridgehead atoms. The Balaban J connectivity index is 1.81. The van der Waals surface area contributed by atoms with Crippen LogP contribution < -0.4 is 4.46 Å². The number of carbonyl (C=O) groups excluding carboxylic acids is 1. The summed E-state index contributed by atoms with van der Waals surface area (Å²) in [7, 11) is 0. The quantitative estimate of drug-likeness (QED) is 0.517. The number of benzene rings is 3. The summed E-state index contributed by atoms with van der Waals surface area (Å²) in [5.74, 6) is -1.53. The van der Waals surface area contributed by atoms with Crippen LogP contribution >= 0.6 is 0 Å². The summed E-state index contributed by atoms with van der Waals surface area (Å²) in [5.41, 5.74) is 2.25. The van der Waals surface area contributed by atoms with Crippen molar-refractivity contribution < 1.29 is 19.4 Å². The van der Waals surface area contributed by atoms with E-state index < -0.39 is 11.9 Å². The number of carbonyl (C=O) groups is 2. The van der Waals surface area contributed by atoms with Crippen molar-refractivity contribution in [1.29, 1.82) is 0 Å². The molecule has 134 valence electrons. The monoisotopic (exact) mass is 424 g/mol. The molecule has 1 heterocycles. The van der Waals surface area contributed by atoms with E-state index in [4.69, 9.17) is 4.74 Å². The van der Waals surface area contributed by atoms with Crippen molar-refractivity contribution in [3.63, 3.8) is 0 Å². The van der Waals surface area contributed by atoms with Crippen molar-refractivity contribution in [3.8, 4) is 0 Å². The van der Waals surface area contributed by atoms with Crippen LogP contribution in [0.5, 0.6) is 0 Å². The summed E-state index contributed by atoms with van der Waals surface area (Å²) in [6, 6.07) is 24.6. The number of fused-ring (bicyclic) bond motifs is 1. The van der Waals surface area contributed by atoms with Crippen LogP contribution in [0.2, 0.25) is 0 Å². The van der Waals surface area contributed by atoms with Crippen LogP contribution in [0.15, 0.2) is 78.9 Å². The average molecular weight is 423 g/mol. The van der Waals surface area contributed by atoms with Crippen molar-refractivity contribution >= 4 is 31.4 Å². The Morgan fingerprint density at radius 1 is 0.926 bits per heavy atom. The van der Waals surface area contributed by atoms with Crippen molar-refractivity contribution in [2.45, 2.75) is 10.9 Å². The fourth-order valence-electron chi connectivity index (χ4n) is 3.17. The maximum absolute atomic E-state index is 12.6. The van der Waals surface area contributed by atoms with Crippen LogP contribution in [-0.2, 0) is 4.74 Å². The van der Waals surface area contributed by atoms with E-state index in [9.17, 15) is 14.7 Å². The second-order valence-corrected chi connectivity index (χ2v) is 8.74. The van der Waals surface area contributed by atoms with Gasteiger partial charge in [0.05, 0.1) is 0 Å². The Morgan fingerprint density at radius 3 is 2.26 bits per heavy atom. The summed E-state index contributed by atoms with van der Waals surface area (Å²) in [5, 5.41) is 9.26. The first kappa shape index (κ1) is 17.5. The minimum absolute atomic E-state index is 0.00194. The molecule has 2 atom stereocenters. The third-order valence-corrected chi connectivity index (χ3v) is 7.20. The molecule has 1 N–H and O–H groups in total. The molecule has 4 rings (SSSR count). The zero-order valence-corrected chi connectivity index (χ0v) is 16.0. The van der Waals surface area contributed by atoms with E-state index in [0.717, 1.165) is 11.1 Å². The van der Waals surface area contributed by atoms with Gasteiger partial charge in [-0.25, -0.2) is 0 Å². The second kappa shape index (κ2) is 7.39. The number of carboxylic acid groups (broad SMARTS) is 1. The molecule has 1 aliphatic rings. The molecule has 0 amide bonds. The summed E-state index contributed by atoms with van der Waals surface area (Å²) in [6.45, 7) is 0. The molecule has 0 radical (unpaired) electrons. The Hall–Kier alpha value is -2.88. The SMILES string of the molecule is O=C(O)c1ccc2c(c1)C(=O)OC(c1ccccc1)C2[Se]c1ccccc1. The molecule has 27 heavy (non-hydrogen) atoms. The van der Waals surface area contributed by atoms with E-state index in [1.165, 1.54) is 10.5 Å². The van der Waals surface area contributed by atoms with Gasteiger partial charge in [0, 0.05) is 0 Å². The Labute approximate surface area is 163 Å². The molecule has 0 spiro atoms. The van der Waals surface area contributed by atoms with E-state index >= 15 is 0 Å². The van der Waals surface area contributed by atoms with Gasteiger partial charge in [0.2, 0.25) is 0 Å². The molecule has 1 aliphatic heterocycles. The number of aromatic carboxylic acids is 1. The first-order chi connectivity index (χ1) is 13.1. The summed E-state index contributed by atoms with van der Waals surface area (Å²) in [4.78, 5) is 23.9. The molecular weight excluding hydrogens is 407 g/mol. The summed E-state index contributed by atoms with van der Waals surface area (Å²) < 4.78 is 7.00. The number of hydrogen-bond acceptors (Lipinski definition) is 3. The van der Waals surface area contributed by atoms with Crippen molar-refractivity contribution in [2.75, 3.05) is 0 Å². The molecule has 0 aromatic heterocycles. The summed E-state index contributed by atoms with van der Waals surface area (Å²) in [6.07, 6.45) is -0.387. The van der Waals surface area contributed by atoms with Crippen LogP contribution in [0.25, 0.3) is 0 Å². The van der Waals surface area contributed by atoms with Crippen molar-refractivity contribution in [1.82, 2.24) is 0 Å². The third-order valence-electron chi connectivity index (χ3n) is 4.47. The van der Waals surface area contributed by atoms with Crippen LogP contribution in [0.3, 0.4) is 0 Å². The van der Waals surface area contributed by atoms with Crippen LogP contribution in [0.4, 0.5) is 0 Å². The fourth-order valence-corrected chi connectivity index (χ4v) is 5.85. The zero-order valence-electron chi connectivity index (χ0n) is 14.2. The van der Waals surface area contributed by atoms with Gasteiger partial charge in [0.1, 0.15) is 0 Å². The zero-order chi connectivity index (χ0) is 18.8. The summed E-state index contributed by atoms with van der Waals surface area (Å²) >= 11 is 0.00194. The van der Waals surface area contributed by atoms with Gasteiger partial charge >= 0.3 is 163 Å². The topological polar surface area (TPSA) is 63.6 Å². The van der Waals surface area contributed by atoms with Gasteiger partial charge in [-0.15, -0.1) is 0 Å². The van der Waals surface area contributed by atoms with Crippen molar-refractivity contribution in [2.24, 2.45) is 0 Å². The number of rotatable bonds is 4. The van der Waals surface area contributed by atoms with E-state index in [2.05, 4.69) is 12.1 Å². The number of carboxylic acids is 1. The molecule has 0 saturated carbocycles. The Bertz CT molecular complexity index is 986. The second-order valence-electron chi connectivity index (χ2n) is 6.20. The average Bonchev–Trinajstić information content (AvgIpc) is 2.71. The molecule has 5 heteroatoms. The van der Waals surface area contributed by atoms with Gasteiger partial charge in [-0.3, -0.25) is 0 Å². The standard InChI is InChI=1S/C22H16O4Se/c23-21(24)15-11-12-17-18(13-15)22(25)26-19(14-7-3-1-4-8-14)20(17)27-16-9-5-2-6-10-16/h1-13,19-20H,(H,23,24). The molecular formula is C22H16O4Se. The van der Waals surface area contributed by atoms with E-state index in [1.807, 2.05) is 48.5 Å². The molecule has 3 aromatic rings. The fraction of sp³-hybridized carbons (Fsp3) is 0.0909. The number of hydrogen-bond donors (Lipinski definition) is 1. The Kier molecular flexibility index (Phi) is 4.80. The number of esters is 1. The maximum atomic E-state index is 12.6. The molecule has 0 aliphatic carbocycles. The van der Waals surface area contributed by atoms with Gasteiger partial charge < -0.3 is 0 Å². The third kappa shape index (κ3) is 3.52. The normalized spacial score (nSPS) is 18.4. The minimum atomic E-state index is -1.05. The van der Waals surface area contributed by atoms with Gasteiger partial charge in [-0.05, 0) is 0 Å². The van der Waals surface area contributed by atoms with Crippen LogP contribution in [0, 0.1) is 0 Å². The first-order valence-electron chi connectivity index (χ1n) is 8.48. The molecule has 0 saturated heterocycles. The molecule has 0 fully saturated rings. The molecule has 4 nitrogen and oxygen atoms in total. The van der Waals surface area contributed by atoms with Gasteiger partial charge in [-0.1, -0.05) is 0 Å². The predicted octanol–water partition coefficient (Wildman–Crippen LogP) is 3.37. The van der Waals surface area contributed by atoms with Crippen LogP contribution in [0.1, 0.15) is 42.8 Å². The van der Waals surface area contributed by atoms with Crippen LogP contribution in [-0.4, -0.2) is 32.0 Å².